The van der Waals surface area contributed by atoms with E-state index in [-0.39, 0.29) is 11.3 Å². The molecule has 3 heteroatoms. The smallest absolute Gasteiger partial charge is 0.224 e. The van der Waals surface area contributed by atoms with Crippen molar-refractivity contribution in [2.75, 3.05) is 11.9 Å². The lowest BCUT2D eigenvalue weighted by Gasteiger charge is -2.19. The molecule has 0 aliphatic carbocycles. The maximum absolute atomic E-state index is 12.0. The standard InChI is InChI=1S/C22H29NO2/c1-5-17-8-12-19(13-9-17)23-21(24)7-6-16-25-20-14-10-18(11-15-20)22(2,3)4/h8-15H,5-7,16H2,1-4H3,(H,23,24). The lowest BCUT2D eigenvalue weighted by molar-refractivity contribution is -0.116. The van der Waals surface area contributed by atoms with Gasteiger partial charge in [-0.1, -0.05) is 52.0 Å². The highest BCUT2D eigenvalue weighted by Crippen LogP contribution is 2.24. The van der Waals surface area contributed by atoms with E-state index < -0.39 is 0 Å². The fourth-order valence-electron chi connectivity index (χ4n) is 2.52. The Morgan fingerprint density at radius 3 is 2.20 bits per heavy atom. The van der Waals surface area contributed by atoms with Crippen LogP contribution in [0.25, 0.3) is 0 Å². The molecule has 1 N–H and O–H groups in total. The van der Waals surface area contributed by atoms with Crippen molar-refractivity contribution in [1.82, 2.24) is 0 Å². The highest BCUT2D eigenvalue weighted by atomic mass is 16.5. The summed E-state index contributed by atoms with van der Waals surface area (Å²) in [6.45, 7) is 9.23. The van der Waals surface area contributed by atoms with Gasteiger partial charge in [0.1, 0.15) is 5.75 Å². The van der Waals surface area contributed by atoms with E-state index in [0.29, 0.717) is 19.4 Å². The number of ether oxygens (including phenoxy) is 1. The Morgan fingerprint density at radius 2 is 1.64 bits per heavy atom. The van der Waals surface area contributed by atoms with Gasteiger partial charge < -0.3 is 10.1 Å². The molecule has 0 fully saturated rings. The van der Waals surface area contributed by atoms with Gasteiger partial charge in [-0.2, -0.15) is 0 Å². The maximum atomic E-state index is 12.0. The summed E-state index contributed by atoms with van der Waals surface area (Å²) in [7, 11) is 0. The number of carbonyl (C=O) groups excluding carboxylic acids is 1. The van der Waals surface area contributed by atoms with Crippen molar-refractivity contribution in [1.29, 1.82) is 0 Å². The predicted molar refractivity (Wildman–Crippen MR) is 104 cm³/mol. The van der Waals surface area contributed by atoms with Crippen LogP contribution in [0.2, 0.25) is 0 Å². The van der Waals surface area contributed by atoms with Gasteiger partial charge in [-0.15, -0.1) is 0 Å². The Kier molecular flexibility index (Phi) is 6.63. The van der Waals surface area contributed by atoms with Crippen LogP contribution in [0.5, 0.6) is 5.75 Å². The molecule has 3 nitrogen and oxygen atoms in total. The zero-order chi connectivity index (χ0) is 18.3. The number of anilines is 1. The van der Waals surface area contributed by atoms with E-state index in [1.165, 1.54) is 11.1 Å². The molecule has 0 aromatic heterocycles. The van der Waals surface area contributed by atoms with Crippen LogP contribution >= 0.6 is 0 Å². The van der Waals surface area contributed by atoms with Crippen molar-refractivity contribution >= 4 is 11.6 Å². The zero-order valence-corrected chi connectivity index (χ0v) is 15.8. The molecule has 0 aliphatic rings. The highest BCUT2D eigenvalue weighted by molar-refractivity contribution is 5.90. The van der Waals surface area contributed by atoms with Gasteiger partial charge in [-0.25, -0.2) is 0 Å². The minimum atomic E-state index is 0.0240. The van der Waals surface area contributed by atoms with Crippen LogP contribution in [0.4, 0.5) is 5.69 Å². The van der Waals surface area contributed by atoms with Crippen LogP contribution in [0.15, 0.2) is 48.5 Å². The van der Waals surface area contributed by atoms with Gasteiger partial charge in [0, 0.05) is 12.1 Å². The van der Waals surface area contributed by atoms with Crippen LogP contribution in [-0.4, -0.2) is 12.5 Å². The molecule has 0 unspecified atom stereocenters. The maximum Gasteiger partial charge on any atom is 0.224 e. The van der Waals surface area contributed by atoms with E-state index >= 15 is 0 Å². The monoisotopic (exact) mass is 339 g/mol. The van der Waals surface area contributed by atoms with E-state index in [1.807, 2.05) is 36.4 Å². The molecule has 0 saturated heterocycles. The number of benzene rings is 2. The second kappa shape index (κ2) is 8.70. The summed E-state index contributed by atoms with van der Waals surface area (Å²) in [6, 6.07) is 16.2. The minimum absolute atomic E-state index is 0.0240. The van der Waals surface area contributed by atoms with Gasteiger partial charge in [0.05, 0.1) is 6.61 Å². The molecule has 1 amide bonds. The van der Waals surface area contributed by atoms with Gasteiger partial charge in [0.25, 0.3) is 0 Å². The third kappa shape index (κ3) is 6.26. The lowest BCUT2D eigenvalue weighted by atomic mass is 9.87. The predicted octanol–water partition coefficient (Wildman–Crippen LogP) is 5.34. The van der Waals surface area contributed by atoms with Crippen molar-refractivity contribution in [3.63, 3.8) is 0 Å². The molecule has 0 heterocycles. The van der Waals surface area contributed by atoms with E-state index in [2.05, 4.69) is 45.1 Å². The largest absolute Gasteiger partial charge is 0.494 e. The molecule has 0 aliphatic heterocycles. The Morgan fingerprint density at radius 1 is 1.00 bits per heavy atom. The fraction of sp³-hybridized carbons (Fsp3) is 0.409. The molecule has 2 aromatic rings. The van der Waals surface area contributed by atoms with E-state index in [0.717, 1.165) is 17.9 Å². The Balaban J connectivity index is 1.70. The highest BCUT2D eigenvalue weighted by Gasteiger charge is 2.12. The Labute approximate surface area is 151 Å². The van der Waals surface area contributed by atoms with Crippen molar-refractivity contribution in [3.05, 3.63) is 59.7 Å². The average molecular weight is 339 g/mol. The first-order chi connectivity index (χ1) is 11.9. The van der Waals surface area contributed by atoms with E-state index in [9.17, 15) is 4.79 Å². The average Bonchev–Trinajstić information content (AvgIpc) is 2.59. The number of hydrogen-bond donors (Lipinski definition) is 1. The molecule has 134 valence electrons. The van der Waals surface area contributed by atoms with Gasteiger partial charge in [-0.3, -0.25) is 4.79 Å². The fourth-order valence-corrected chi connectivity index (χ4v) is 2.52. The third-order valence-electron chi connectivity index (χ3n) is 4.18. The molecule has 0 saturated carbocycles. The number of nitrogens with one attached hydrogen (secondary N) is 1. The van der Waals surface area contributed by atoms with Crippen molar-refractivity contribution in [2.24, 2.45) is 0 Å². The molecule has 0 spiro atoms. The Bertz CT molecular complexity index is 667. The quantitative estimate of drug-likeness (QED) is 0.691. The first kappa shape index (κ1) is 19.0. The summed E-state index contributed by atoms with van der Waals surface area (Å²) in [5.74, 6) is 0.875. The van der Waals surface area contributed by atoms with Crippen LogP contribution in [0.1, 0.15) is 51.7 Å². The van der Waals surface area contributed by atoms with Crippen molar-refractivity contribution in [3.8, 4) is 5.75 Å². The molecular formula is C22H29NO2. The lowest BCUT2D eigenvalue weighted by Crippen LogP contribution is -2.13. The summed E-state index contributed by atoms with van der Waals surface area (Å²) in [4.78, 5) is 12.0. The number of hydrogen-bond acceptors (Lipinski definition) is 2. The second-order valence-electron chi connectivity index (χ2n) is 7.33. The first-order valence-electron chi connectivity index (χ1n) is 9.00. The van der Waals surface area contributed by atoms with Crippen molar-refractivity contribution < 1.29 is 9.53 Å². The van der Waals surface area contributed by atoms with Crippen LogP contribution in [-0.2, 0) is 16.6 Å². The molecule has 0 bridgehead atoms. The summed E-state index contributed by atoms with van der Waals surface area (Å²) < 4.78 is 5.72. The molecule has 2 aromatic carbocycles. The topological polar surface area (TPSA) is 38.3 Å². The van der Waals surface area contributed by atoms with E-state index in [1.54, 1.807) is 0 Å². The summed E-state index contributed by atoms with van der Waals surface area (Å²) >= 11 is 0. The van der Waals surface area contributed by atoms with Crippen LogP contribution < -0.4 is 10.1 Å². The molecule has 0 atom stereocenters. The van der Waals surface area contributed by atoms with E-state index in [4.69, 9.17) is 4.74 Å². The molecule has 0 radical (unpaired) electrons. The number of carbonyl (C=O) groups is 1. The van der Waals surface area contributed by atoms with Gasteiger partial charge in [0.15, 0.2) is 0 Å². The number of aryl methyl sites for hydroxylation is 1. The second-order valence-corrected chi connectivity index (χ2v) is 7.33. The van der Waals surface area contributed by atoms with Crippen LogP contribution in [0.3, 0.4) is 0 Å². The van der Waals surface area contributed by atoms with Gasteiger partial charge >= 0.3 is 0 Å². The zero-order valence-electron chi connectivity index (χ0n) is 15.8. The third-order valence-corrected chi connectivity index (χ3v) is 4.18. The summed E-state index contributed by atoms with van der Waals surface area (Å²) in [6.07, 6.45) is 2.15. The first-order valence-corrected chi connectivity index (χ1v) is 9.00. The summed E-state index contributed by atoms with van der Waals surface area (Å²) in [5.41, 5.74) is 3.55. The SMILES string of the molecule is CCc1ccc(NC(=O)CCCOc2ccc(C(C)(C)C)cc2)cc1. The van der Waals surface area contributed by atoms with Gasteiger partial charge in [-0.05, 0) is 53.6 Å². The number of amides is 1. The summed E-state index contributed by atoms with van der Waals surface area (Å²) in [5, 5.41) is 2.92. The molecule has 2 rings (SSSR count). The van der Waals surface area contributed by atoms with Crippen molar-refractivity contribution in [2.45, 2.75) is 52.4 Å². The molecule has 25 heavy (non-hydrogen) atoms. The van der Waals surface area contributed by atoms with Gasteiger partial charge in [0.2, 0.25) is 5.91 Å². The minimum Gasteiger partial charge on any atom is -0.494 e. The number of rotatable bonds is 7. The Hall–Kier alpha value is -2.29. The van der Waals surface area contributed by atoms with Crippen LogP contribution in [0, 0.1) is 0 Å². The normalized spacial score (nSPS) is 11.2. The molecular weight excluding hydrogens is 310 g/mol.